The van der Waals surface area contributed by atoms with Gasteiger partial charge in [0.1, 0.15) is 17.8 Å². The number of nitriles is 1. The van der Waals surface area contributed by atoms with Gasteiger partial charge in [0.25, 0.3) is 12.1 Å². The van der Waals surface area contributed by atoms with E-state index in [1.807, 2.05) is 0 Å². The number of nitro groups is 1. The summed E-state index contributed by atoms with van der Waals surface area (Å²) in [6, 6.07) is 1.58. The highest BCUT2D eigenvalue weighted by Gasteiger charge is 2.27. The van der Waals surface area contributed by atoms with Gasteiger partial charge in [0.15, 0.2) is 5.69 Å². The lowest BCUT2D eigenvalue weighted by molar-refractivity contribution is -0.386. The fraction of sp³-hybridized carbons (Fsp3) is 0.143. The van der Waals surface area contributed by atoms with E-state index in [0.29, 0.717) is 6.20 Å². The van der Waals surface area contributed by atoms with E-state index < -0.39 is 22.6 Å². The summed E-state index contributed by atoms with van der Waals surface area (Å²) in [5.41, 5.74) is -1.77. The van der Waals surface area contributed by atoms with E-state index in [-0.39, 0.29) is 9.26 Å². The van der Waals surface area contributed by atoms with Crippen molar-refractivity contribution in [2.45, 2.75) is 6.43 Å². The minimum Gasteiger partial charge on any atom is -0.258 e. The topological polar surface area (TPSA) is 79.8 Å². The van der Waals surface area contributed by atoms with Gasteiger partial charge >= 0.3 is 0 Å². The number of halogens is 3. The highest BCUT2D eigenvalue weighted by molar-refractivity contribution is 14.1. The van der Waals surface area contributed by atoms with Crippen LogP contribution >= 0.6 is 22.6 Å². The minimum atomic E-state index is -3.01. The van der Waals surface area contributed by atoms with Gasteiger partial charge in [0, 0.05) is 0 Å². The van der Waals surface area contributed by atoms with Crippen molar-refractivity contribution in [3.63, 3.8) is 0 Å². The summed E-state index contributed by atoms with van der Waals surface area (Å²) in [4.78, 5) is 12.9. The predicted octanol–water partition coefficient (Wildman–Crippen LogP) is 2.40. The molecule has 0 spiro atoms. The monoisotopic (exact) mass is 325 g/mol. The largest absolute Gasteiger partial charge is 0.297 e. The first kappa shape index (κ1) is 11.7. The van der Waals surface area contributed by atoms with E-state index in [2.05, 4.69) is 4.98 Å². The number of aromatic nitrogens is 1. The molecule has 5 nitrogen and oxygen atoms in total. The maximum Gasteiger partial charge on any atom is 0.297 e. The third kappa shape index (κ3) is 2.17. The quantitative estimate of drug-likeness (QED) is 0.475. The maximum absolute atomic E-state index is 12.5. The van der Waals surface area contributed by atoms with Crippen molar-refractivity contribution in [3.8, 4) is 6.07 Å². The molecule has 0 aliphatic heterocycles. The summed E-state index contributed by atoms with van der Waals surface area (Å²) in [6.07, 6.45) is -2.34. The fourth-order valence-electron chi connectivity index (χ4n) is 0.923. The molecular formula is C7H2F2IN3O2. The van der Waals surface area contributed by atoms with Crippen LogP contribution in [-0.2, 0) is 0 Å². The molecule has 78 valence electrons. The van der Waals surface area contributed by atoms with Gasteiger partial charge in [-0.15, -0.1) is 0 Å². The lowest BCUT2D eigenvalue weighted by Crippen LogP contribution is -2.02. The first-order valence-electron chi connectivity index (χ1n) is 3.50. The smallest absolute Gasteiger partial charge is 0.258 e. The van der Waals surface area contributed by atoms with Gasteiger partial charge in [-0.05, 0) is 22.6 Å². The number of rotatable bonds is 2. The first-order valence-corrected chi connectivity index (χ1v) is 4.58. The molecule has 0 bridgehead atoms. The first-order chi connectivity index (χ1) is 6.99. The predicted molar refractivity (Wildman–Crippen MR) is 53.3 cm³/mol. The van der Waals surface area contributed by atoms with Crippen molar-refractivity contribution in [1.82, 2.24) is 4.98 Å². The van der Waals surface area contributed by atoms with Crippen LogP contribution < -0.4 is 0 Å². The highest BCUT2D eigenvalue weighted by atomic mass is 127. The molecule has 0 saturated carbocycles. The van der Waals surface area contributed by atoms with Crippen LogP contribution in [0.5, 0.6) is 0 Å². The Morgan fingerprint density at radius 1 is 1.67 bits per heavy atom. The van der Waals surface area contributed by atoms with Crippen LogP contribution in [0.1, 0.15) is 17.7 Å². The van der Waals surface area contributed by atoms with E-state index >= 15 is 0 Å². The Kier molecular flexibility index (Phi) is 3.46. The molecular weight excluding hydrogens is 323 g/mol. The van der Waals surface area contributed by atoms with Crippen LogP contribution in [0.4, 0.5) is 14.5 Å². The van der Waals surface area contributed by atoms with E-state index in [1.165, 1.54) is 22.6 Å². The summed E-state index contributed by atoms with van der Waals surface area (Å²) in [7, 11) is 0. The van der Waals surface area contributed by atoms with Crippen molar-refractivity contribution in [1.29, 1.82) is 5.26 Å². The lowest BCUT2D eigenvalue weighted by atomic mass is 10.2. The number of alkyl halides is 2. The molecule has 0 unspecified atom stereocenters. The van der Waals surface area contributed by atoms with Crippen molar-refractivity contribution in [3.05, 3.63) is 31.1 Å². The van der Waals surface area contributed by atoms with Crippen LogP contribution in [0.2, 0.25) is 0 Å². The third-order valence-electron chi connectivity index (χ3n) is 1.56. The molecule has 15 heavy (non-hydrogen) atoms. The second-order valence-corrected chi connectivity index (χ2v) is 3.47. The molecule has 1 aromatic heterocycles. The number of nitrogens with zero attached hydrogens (tertiary/aromatic N) is 3. The second-order valence-electron chi connectivity index (χ2n) is 2.39. The van der Waals surface area contributed by atoms with E-state index in [1.54, 1.807) is 6.07 Å². The summed E-state index contributed by atoms with van der Waals surface area (Å²) in [5, 5.41) is 18.9. The molecule has 0 N–H and O–H groups in total. The van der Waals surface area contributed by atoms with Gasteiger partial charge in [-0.2, -0.15) is 5.26 Å². The van der Waals surface area contributed by atoms with Gasteiger partial charge in [0.05, 0.1) is 8.49 Å². The van der Waals surface area contributed by atoms with Crippen LogP contribution in [0, 0.1) is 25.0 Å². The molecule has 0 amide bonds. The Balaban J connectivity index is 3.53. The van der Waals surface area contributed by atoms with Gasteiger partial charge in [-0.3, -0.25) is 10.1 Å². The van der Waals surface area contributed by atoms with Crippen molar-refractivity contribution in [2.24, 2.45) is 0 Å². The Morgan fingerprint density at radius 3 is 2.67 bits per heavy atom. The zero-order valence-electron chi connectivity index (χ0n) is 6.95. The zero-order valence-corrected chi connectivity index (χ0v) is 9.10. The van der Waals surface area contributed by atoms with Crippen molar-refractivity contribution < 1.29 is 13.7 Å². The van der Waals surface area contributed by atoms with Crippen LogP contribution in [0.15, 0.2) is 6.20 Å². The Hall–Kier alpha value is -1.37. The van der Waals surface area contributed by atoms with Crippen molar-refractivity contribution >= 4 is 28.3 Å². The summed E-state index contributed by atoms with van der Waals surface area (Å²) < 4.78 is 24.9. The average Bonchev–Trinajstić information content (AvgIpc) is 2.16. The number of pyridine rings is 1. The second kappa shape index (κ2) is 4.43. The van der Waals surface area contributed by atoms with E-state index in [0.717, 1.165) is 0 Å². The molecule has 0 aliphatic rings. The zero-order chi connectivity index (χ0) is 11.6. The van der Waals surface area contributed by atoms with Crippen LogP contribution in [0.25, 0.3) is 0 Å². The third-order valence-corrected chi connectivity index (χ3v) is 2.65. The van der Waals surface area contributed by atoms with E-state index in [9.17, 15) is 18.9 Å². The Labute approximate surface area is 96.0 Å². The van der Waals surface area contributed by atoms with Gasteiger partial charge in [-0.1, -0.05) is 0 Å². The molecule has 1 rings (SSSR count). The normalized spacial score (nSPS) is 10.1. The molecule has 0 fully saturated rings. The van der Waals surface area contributed by atoms with Gasteiger partial charge in [-0.25, -0.2) is 13.8 Å². The number of hydrogen-bond acceptors (Lipinski definition) is 4. The summed E-state index contributed by atoms with van der Waals surface area (Å²) >= 11 is 1.45. The average molecular weight is 325 g/mol. The molecule has 0 aliphatic carbocycles. The molecule has 0 atom stereocenters. The van der Waals surface area contributed by atoms with Crippen LogP contribution in [-0.4, -0.2) is 9.91 Å². The Bertz CT molecular complexity index is 458. The Morgan fingerprint density at radius 2 is 2.27 bits per heavy atom. The number of hydrogen-bond donors (Lipinski definition) is 0. The maximum atomic E-state index is 12.5. The fourth-order valence-corrected chi connectivity index (χ4v) is 1.69. The molecule has 1 aromatic rings. The standard InChI is InChI=1S/C7H2F2IN3O2/c8-7(9)5-4(13(14)15)2-12-3(1-11)6(5)10/h2,7H. The van der Waals surface area contributed by atoms with Crippen LogP contribution in [0.3, 0.4) is 0 Å². The molecule has 8 heteroatoms. The molecule has 0 radical (unpaired) electrons. The molecule has 0 saturated heterocycles. The molecule has 0 aromatic carbocycles. The summed E-state index contributed by atoms with van der Waals surface area (Å²) in [6.45, 7) is 0. The van der Waals surface area contributed by atoms with Crippen molar-refractivity contribution in [2.75, 3.05) is 0 Å². The minimum absolute atomic E-state index is 0.181. The molecule has 1 heterocycles. The van der Waals surface area contributed by atoms with E-state index in [4.69, 9.17) is 5.26 Å². The van der Waals surface area contributed by atoms with Gasteiger partial charge in [0.2, 0.25) is 0 Å². The lowest BCUT2D eigenvalue weighted by Gasteiger charge is -2.04. The SMILES string of the molecule is N#Cc1ncc([N+](=O)[O-])c(C(F)F)c1I. The summed E-state index contributed by atoms with van der Waals surface area (Å²) in [5.74, 6) is 0. The van der Waals surface area contributed by atoms with Gasteiger partial charge < -0.3 is 0 Å². The highest BCUT2D eigenvalue weighted by Crippen LogP contribution is 2.33.